The van der Waals surface area contributed by atoms with Gasteiger partial charge in [0.1, 0.15) is 0 Å². The van der Waals surface area contributed by atoms with Crippen molar-refractivity contribution in [1.29, 1.82) is 0 Å². The molecule has 3 rings (SSSR count). The molecular weight excluding hydrogens is 322 g/mol. The van der Waals surface area contributed by atoms with Crippen molar-refractivity contribution in [2.45, 2.75) is 25.9 Å². The van der Waals surface area contributed by atoms with Crippen molar-refractivity contribution in [2.24, 2.45) is 0 Å². The zero-order chi connectivity index (χ0) is 17.1. The van der Waals surface area contributed by atoms with Gasteiger partial charge in [-0.05, 0) is 30.5 Å². The number of hydrogen-bond acceptors (Lipinski definition) is 4. The van der Waals surface area contributed by atoms with Crippen LogP contribution < -0.4 is 5.43 Å². The van der Waals surface area contributed by atoms with Crippen LogP contribution >= 0.6 is 11.3 Å². The molecule has 0 saturated carbocycles. The quantitative estimate of drug-likeness (QED) is 0.717. The Morgan fingerprint density at radius 1 is 1.29 bits per heavy atom. The van der Waals surface area contributed by atoms with Crippen LogP contribution in [0.3, 0.4) is 0 Å². The highest BCUT2D eigenvalue weighted by molar-refractivity contribution is 7.10. The SMILES string of the molecule is C[C@H](c1cccs1)N(C)C(=O)CCn1ncc(=O)c2ccccc21. The van der Waals surface area contributed by atoms with E-state index in [0.717, 1.165) is 10.4 Å². The minimum atomic E-state index is -0.100. The summed E-state index contributed by atoms with van der Waals surface area (Å²) in [7, 11) is 1.82. The van der Waals surface area contributed by atoms with Crippen LogP contribution in [0.5, 0.6) is 0 Å². The third kappa shape index (κ3) is 3.23. The van der Waals surface area contributed by atoms with E-state index in [-0.39, 0.29) is 17.4 Å². The number of carbonyl (C=O) groups is 1. The Bertz CT molecular complexity index is 902. The first-order valence-electron chi connectivity index (χ1n) is 7.82. The van der Waals surface area contributed by atoms with Crippen LogP contribution in [-0.4, -0.2) is 27.6 Å². The van der Waals surface area contributed by atoms with E-state index < -0.39 is 0 Å². The van der Waals surface area contributed by atoms with Gasteiger partial charge >= 0.3 is 0 Å². The fourth-order valence-corrected chi connectivity index (χ4v) is 3.48. The number of hydrogen-bond donors (Lipinski definition) is 0. The lowest BCUT2D eigenvalue weighted by Gasteiger charge is -2.24. The van der Waals surface area contributed by atoms with Crippen LogP contribution in [0.2, 0.25) is 0 Å². The van der Waals surface area contributed by atoms with Crippen molar-refractivity contribution < 1.29 is 4.79 Å². The number of nitrogens with zero attached hydrogens (tertiary/aromatic N) is 3. The topological polar surface area (TPSA) is 55.2 Å². The maximum Gasteiger partial charge on any atom is 0.224 e. The summed E-state index contributed by atoms with van der Waals surface area (Å²) in [5.41, 5.74) is 0.656. The fourth-order valence-electron chi connectivity index (χ4n) is 2.65. The second-order valence-corrected chi connectivity index (χ2v) is 6.67. The molecule has 5 nitrogen and oxygen atoms in total. The van der Waals surface area contributed by atoms with Gasteiger partial charge in [0.15, 0.2) is 0 Å². The number of thiophene rings is 1. The minimum absolute atomic E-state index is 0.0521. The Balaban J connectivity index is 1.73. The van der Waals surface area contributed by atoms with E-state index in [1.807, 2.05) is 49.7 Å². The van der Waals surface area contributed by atoms with E-state index in [4.69, 9.17) is 0 Å². The van der Waals surface area contributed by atoms with Crippen molar-refractivity contribution >= 4 is 28.1 Å². The number of aromatic nitrogens is 2. The van der Waals surface area contributed by atoms with Gasteiger partial charge in [0.05, 0.1) is 24.3 Å². The molecule has 0 unspecified atom stereocenters. The van der Waals surface area contributed by atoms with Gasteiger partial charge in [-0.1, -0.05) is 18.2 Å². The molecule has 0 N–H and O–H groups in total. The standard InChI is InChI=1S/C18H19N3O2S/c1-13(17-8-5-11-24-17)20(2)18(23)9-10-21-15-7-4-3-6-14(15)16(22)12-19-21/h3-8,11-13H,9-10H2,1-2H3/t13-/m1/s1. The van der Waals surface area contributed by atoms with Gasteiger partial charge in [-0.2, -0.15) is 5.10 Å². The van der Waals surface area contributed by atoms with Gasteiger partial charge in [-0.25, -0.2) is 0 Å². The molecule has 24 heavy (non-hydrogen) atoms. The largest absolute Gasteiger partial charge is 0.338 e. The molecule has 0 spiro atoms. The third-order valence-corrected chi connectivity index (χ3v) is 5.27. The first-order valence-corrected chi connectivity index (χ1v) is 8.70. The minimum Gasteiger partial charge on any atom is -0.338 e. The summed E-state index contributed by atoms with van der Waals surface area (Å²) in [6.07, 6.45) is 1.65. The van der Waals surface area contributed by atoms with Gasteiger partial charge in [0, 0.05) is 23.7 Å². The van der Waals surface area contributed by atoms with Crippen molar-refractivity contribution in [2.75, 3.05) is 7.05 Å². The smallest absolute Gasteiger partial charge is 0.224 e. The van der Waals surface area contributed by atoms with Gasteiger partial charge < -0.3 is 4.90 Å². The molecule has 3 aromatic rings. The lowest BCUT2D eigenvalue weighted by atomic mass is 10.2. The number of benzene rings is 1. The third-order valence-electron chi connectivity index (χ3n) is 4.23. The second kappa shape index (κ2) is 6.97. The second-order valence-electron chi connectivity index (χ2n) is 5.70. The van der Waals surface area contributed by atoms with Crippen LogP contribution in [0.15, 0.2) is 52.8 Å². The van der Waals surface area contributed by atoms with Crippen molar-refractivity contribution in [3.8, 4) is 0 Å². The number of fused-ring (bicyclic) bond motifs is 1. The number of para-hydroxylation sites is 1. The average Bonchev–Trinajstić information content (AvgIpc) is 3.14. The Morgan fingerprint density at radius 3 is 2.83 bits per heavy atom. The lowest BCUT2D eigenvalue weighted by Crippen LogP contribution is -2.30. The van der Waals surface area contributed by atoms with Crippen LogP contribution in [0.25, 0.3) is 10.9 Å². The van der Waals surface area contributed by atoms with Crippen LogP contribution in [0.1, 0.15) is 24.3 Å². The first-order chi connectivity index (χ1) is 11.6. The zero-order valence-corrected chi connectivity index (χ0v) is 14.5. The van der Waals surface area contributed by atoms with E-state index in [0.29, 0.717) is 18.4 Å². The molecule has 0 aliphatic rings. The number of rotatable bonds is 5. The van der Waals surface area contributed by atoms with E-state index in [9.17, 15) is 9.59 Å². The summed E-state index contributed by atoms with van der Waals surface area (Å²) in [5.74, 6) is 0.0560. The number of carbonyl (C=O) groups excluding carboxylic acids is 1. The van der Waals surface area contributed by atoms with Crippen molar-refractivity contribution in [1.82, 2.24) is 14.7 Å². The Labute approximate surface area is 144 Å². The van der Waals surface area contributed by atoms with E-state index >= 15 is 0 Å². The average molecular weight is 341 g/mol. The zero-order valence-electron chi connectivity index (χ0n) is 13.7. The van der Waals surface area contributed by atoms with Crippen LogP contribution in [0.4, 0.5) is 0 Å². The summed E-state index contributed by atoms with van der Waals surface area (Å²) in [4.78, 5) is 27.3. The highest BCUT2D eigenvalue weighted by Crippen LogP contribution is 2.23. The normalized spacial score (nSPS) is 12.2. The molecule has 0 bridgehead atoms. The summed E-state index contributed by atoms with van der Waals surface area (Å²) >= 11 is 1.65. The summed E-state index contributed by atoms with van der Waals surface area (Å²) < 4.78 is 1.72. The molecule has 124 valence electrons. The molecule has 1 aromatic carbocycles. The molecule has 0 aliphatic carbocycles. The molecule has 1 amide bonds. The summed E-state index contributed by atoms with van der Waals surface area (Å²) in [6.45, 7) is 2.47. The van der Waals surface area contributed by atoms with E-state index in [1.165, 1.54) is 6.20 Å². The Hall–Kier alpha value is -2.47. The maximum absolute atomic E-state index is 12.5. The summed E-state index contributed by atoms with van der Waals surface area (Å²) in [5, 5.41) is 6.81. The van der Waals surface area contributed by atoms with Gasteiger partial charge in [0.2, 0.25) is 11.3 Å². The molecule has 2 heterocycles. The molecule has 1 atom stereocenters. The van der Waals surface area contributed by atoms with Gasteiger partial charge in [-0.3, -0.25) is 14.3 Å². The number of aryl methyl sites for hydroxylation is 1. The van der Waals surface area contributed by atoms with E-state index in [1.54, 1.807) is 27.0 Å². The summed E-state index contributed by atoms with van der Waals surface area (Å²) in [6, 6.07) is 11.4. The van der Waals surface area contributed by atoms with Crippen molar-refractivity contribution in [3.05, 3.63) is 63.1 Å². The van der Waals surface area contributed by atoms with E-state index in [2.05, 4.69) is 5.10 Å². The highest BCUT2D eigenvalue weighted by atomic mass is 32.1. The molecule has 0 saturated heterocycles. The van der Waals surface area contributed by atoms with Crippen LogP contribution in [0, 0.1) is 0 Å². The predicted molar refractivity (Wildman–Crippen MR) is 96.1 cm³/mol. The molecule has 0 radical (unpaired) electrons. The Morgan fingerprint density at radius 2 is 2.08 bits per heavy atom. The van der Waals surface area contributed by atoms with Crippen LogP contribution in [-0.2, 0) is 11.3 Å². The lowest BCUT2D eigenvalue weighted by molar-refractivity contribution is -0.132. The van der Waals surface area contributed by atoms with Gasteiger partial charge in [0.25, 0.3) is 0 Å². The molecular formula is C18H19N3O2S. The van der Waals surface area contributed by atoms with Gasteiger partial charge in [-0.15, -0.1) is 11.3 Å². The highest BCUT2D eigenvalue weighted by Gasteiger charge is 2.18. The Kier molecular flexibility index (Phi) is 4.76. The maximum atomic E-state index is 12.5. The monoisotopic (exact) mass is 341 g/mol. The molecule has 6 heteroatoms. The predicted octanol–water partition coefficient (Wildman–Crippen LogP) is 3.07. The fraction of sp³-hybridized carbons (Fsp3) is 0.278. The first kappa shape index (κ1) is 16.4. The molecule has 0 aliphatic heterocycles. The van der Waals surface area contributed by atoms with Crippen molar-refractivity contribution in [3.63, 3.8) is 0 Å². The number of amides is 1. The molecule has 2 aromatic heterocycles. The molecule has 0 fully saturated rings.